The van der Waals surface area contributed by atoms with Crippen LogP contribution >= 0.6 is 0 Å². The van der Waals surface area contributed by atoms with E-state index in [0.29, 0.717) is 53.2 Å². The van der Waals surface area contributed by atoms with Crippen LogP contribution in [0.25, 0.3) is 11.2 Å². The van der Waals surface area contributed by atoms with Crippen molar-refractivity contribution in [2.45, 2.75) is 39.2 Å². The number of amides is 1. The number of rotatable bonds is 11. The lowest BCUT2D eigenvalue weighted by atomic mass is 10.2. The number of ether oxygens (including phenoxy) is 3. The van der Waals surface area contributed by atoms with Crippen molar-refractivity contribution in [1.82, 2.24) is 24.4 Å². The first-order valence-electron chi connectivity index (χ1n) is 11.8. The van der Waals surface area contributed by atoms with Crippen molar-refractivity contribution >= 4 is 34.5 Å². The minimum Gasteiger partial charge on any atom is -0.493 e. The molecule has 1 aliphatic rings. The van der Waals surface area contributed by atoms with E-state index in [-0.39, 0.29) is 11.9 Å². The van der Waals surface area contributed by atoms with Crippen molar-refractivity contribution in [3.05, 3.63) is 18.5 Å². The number of fused-ring (bicyclic) bond motifs is 1. The van der Waals surface area contributed by atoms with Gasteiger partial charge in [0.25, 0.3) is 0 Å². The van der Waals surface area contributed by atoms with Crippen LogP contribution in [0.2, 0.25) is 0 Å². The molecule has 1 aromatic carbocycles. The molecule has 4 rings (SSSR count). The van der Waals surface area contributed by atoms with Crippen LogP contribution < -0.4 is 24.8 Å². The van der Waals surface area contributed by atoms with Gasteiger partial charge in [-0.3, -0.25) is 4.79 Å². The van der Waals surface area contributed by atoms with Gasteiger partial charge in [0.2, 0.25) is 17.6 Å². The van der Waals surface area contributed by atoms with Gasteiger partial charge in [0, 0.05) is 49.9 Å². The lowest BCUT2D eigenvalue weighted by Crippen LogP contribution is -2.27. The van der Waals surface area contributed by atoms with E-state index in [1.54, 1.807) is 27.7 Å². The van der Waals surface area contributed by atoms with Gasteiger partial charge in [0.1, 0.15) is 0 Å². The number of imidazole rings is 1. The smallest absolute Gasteiger partial charge is 0.226 e. The maximum Gasteiger partial charge on any atom is 0.226 e. The van der Waals surface area contributed by atoms with Crippen molar-refractivity contribution < 1.29 is 19.0 Å². The Kier molecular flexibility index (Phi) is 7.42. The zero-order valence-corrected chi connectivity index (χ0v) is 20.9. The minimum absolute atomic E-state index is 0.179. The number of hydrogen-bond donors (Lipinski definition) is 2. The average molecular weight is 484 g/mol. The molecule has 11 nitrogen and oxygen atoms in total. The molecule has 1 fully saturated rings. The maximum atomic E-state index is 11.8. The highest BCUT2D eigenvalue weighted by atomic mass is 16.5. The van der Waals surface area contributed by atoms with Crippen LogP contribution in [-0.4, -0.2) is 71.3 Å². The van der Waals surface area contributed by atoms with Crippen LogP contribution in [0.3, 0.4) is 0 Å². The summed E-state index contributed by atoms with van der Waals surface area (Å²) in [4.78, 5) is 27.8. The predicted molar refractivity (Wildman–Crippen MR) is 134 cm³/mol. The van der Waals surface area contributed by atoms with E-state index in [9.17, 15) is 4.79 Å². The van der Waals surface area contributed by atoms with Crippen molar-refractivity contribution in [3.8, 4) is 17.2 Å². The molecule has 2 aromatic heterocycles. The third kappa shape index (κ3) is 5.18. The lowest BCUT2D eigenvalue weighted by molar-refractivity contribution is -0.127. The molecule has 0 spiro atoms. The normalized spacial score (nSPS) is 13.5. The monoisotopic (exact) mass is 483 g/mol. The number of hydrogen-bond acceptors (Lipinski definition) is 9. The van der Waals surface area contributed by atoms with Gasteiger partial charge in [-0.05, 0) is 26.7 Å². The Bertz CT molecular complexity index is 1170. The Labute approximate surface area is 204 Å². The number of likely N-dealkylation sites (tertiary alicyclic amines) is 1. The molecule has 3 aromatic rings. The molecule has 0 saturated carbocycles. The molecule has 1 aliphatic heterocycles. The number of benzene rings is 1. The molecule has 1 saturated heterocycles. The second-order valence-electron chi connectivity index (χ2n) is 8.62. The van der Waals surface area contributed by atoms with Gasteiger partial charge in [-0.2, -0.15) is 9.97 Å². The second kappa shape index (κ2) is 10.7. The second-order valence-corrected chi connectivity index (χ2v) is 8.62. The summed E-state index contributed by atoms with van der Waals surface area (Å²) in [7, 11) is 4.72. The van der Waals surface area contributed by atoms with E-state index in [0.717, 1.165) is 31.6 Å². The molecular weight excluding hydrogens is 450 g/mol. The molecule has 1 amide bonds. The Morgan fingerprint density at radius 2 is 1.83 bits per heavy atom. The molecular formula is C24H33N7O4. The summed E-state index contributed by atoms with van der Waals surface area (Å²) in [5, 5.41) is 6.66. The van der Waals surface area contributed by atoms with Crippen LogP contribution in [0, 0.1) is 0 Å². The molecule has 0 radical (unpaired) electrons. The van der Waals surface area contributed by atoms with Gasteiger partial charge in [-0.15, -0.1) is 0 Å². The van der Waals surface area contributed by atoms with E-state index in [2.05, 4.69) is 29.5 Å². The number of nitrogens with zero attached hydrogens (tertiary/aromatic N) is 5. The highest BCUT2D eigenvalue weighted by molar-refractivity contribution is 5.87. The first-order chi connectivity index (χ1) is 16.9. The number of carbonyl (C=O) groups is 1. The van der Waals surface area contributed by atoms with Gasteiger partial charge >= 0.3 is 0 Å². The molecule has 3 heterocycles. The van der Waals surface area contributed by atoms with Gasteiger partial charge in [0.05, 0.1) is 27.7 Å². The SMILES string of the molecule is COc1cc(Nc2nc(NCCCN3CCCC3=O)nc3c2ncn3C(C)C)cc(OC)c1OC. The molecule has 0 unspecified atom stereocenters. The van der Waals surface area contributed by atoms with Gasteiger partial charge < -0.3 is 34.3 Å². The molecule has 188 valence electrons. The van der Waals surface area contributed by atoms with Crippen LogP contribution in [-0.2, 0) is 4.79 Å². The summed E-state index contributed by atoms with van der Waals surface area (Å²) in [6.45, 7) is 6.38. The van der Waals surface area contributed by atoms with Gasteiger partial charge in [-0.1, -0.05) is 0 Å². The van der Waals surface area contributed by atoms with Gasteiger partial charge in [-0.25, -0.2) is 4.98 Å². The number of aromatic nitrogens is 4. The fraction of sp³-hybridized carbons (Fsp3) is 0.500. The van der Waals surface area contributed by atoms with E-state index in [1.807, 2.05) is 21.6 Å². The summed E-state index contributed by atoms with van der Waals surface area (Å²) >= 11 is 0. The summed E-state index contributed by atoms with van der Waals surface area (Å²) < 4.78 is 18.4. The third-order valence-corrected chi connectivity index (χ3v) is 5.96. The highest BCUT2D eigenvalue weighted by Gasteiger charge is 2.20. The van der Waals surface area contributed by atoms with E-state index < -0.39 is 0 Å². The van der Waals surface area contributed by atoms with Crippen molar-refractivity contribution in [2.75, 3.05) is 51.6 Å². The van der Waals surface area contributed by atoms with E-state index >= 15 is 0 Å². The maximum absolute atomic E-state index is 11.8. The van der Waals surface area contributed by atoms with Gasteiger partial charge in [0.15, 0.2) is 28.5 Å². The molecule has 0 aliphatic carbocycles. The highest BCUT2D eigenvalue weighted by Crippen LogP contribution is 2.41. The fourth-order valence-corrected chi connectivity index (χ4v) is 4.16. The topological polar surface area (TPSA) is 116 Å². The molecule has 35 heavy (non-hydrogen) atoms. The predicted octanol–water partition coefficient (Wildman–Crippen LogP) is 3.60. The van der Waals surface area contributed by atoms with E-state index in [1.165, 1.54) is 0 Å². The van der Waals surface area contributed by atoms with Crippen LogP contribution in [0.5, 0.6) is 17.2 Å². The average Bonchev–Trinajstić information content (AvgIpc) is 3.47. The molecule has 2 N–H and O–H groups in total. The Balaban J connectivity index is 1.61. The standard InChI is InChI=1S/C24H33N7O4/c1-15(2)31-14-26-20-22(27-16-12-17(33-3)21(35-5)18(13-16)34-4)28-24(29-23(20)31)25-9-7-11-30-10-6-8-19(30)32/h12-15H,6-11H2,1-5H3,(H2,25,27,28,29). The Morgan fingerprint density at radius 1 is 1.09 bits per heavy atom. The Morgan fingerprint density at radius 3 is 2.43 bits per heavy atom. The van der Waals surface area contributed by atoms with Crippen molar-refractivity contribution in [1.29, 1.82) is 0 Å². The first kappa shape index (κ1) is 24.4. The molecule has 0 bridgehead atoms. The van der Waals surface area contributed by atoms with Crippen LogP contribution in [0.15, 0.2) is 18.5 Å². The van der Waals surface area contributed by atoms with Crippen molar-refractivity contribution in [2.24, 2.45) is 0 Å². The van der Waals surface area contributed by atoms with Crippen molar-refractivity contribution in [3.63, 3.8) is 0 Å². The number of nitrogens with one attached hydrogen (secondary N) is 2. The van der Waals surface area contributed by atoms with E-state index in [4.69, 9.17) is 24.2 Å². The summed E-state index contributed by atoms with van der Waals surface area (Å²) in [6.07, 6.45) is 4.18. The quantitative estimate of drug-likeness (QED) is 0.395. The zero-order chi connectivity index (χ0) is 24.9. The summed E-state index contributed by atoms with van der Waals surface area (Å²) in [6, 6.07) is 3.81. The van der Waals surface area contributed by atoms with Crippen LogP contribution in [0.1, 0.15) is 39.2 Å². The fourth-order valence-electron chi connectivity index (χ4n) is 4.16. The molecule has 0 atom stereocenters. The number of carbonyl (C=O) groups excluding carboxylic acids is 1. The Hall–Kier alpha value is -3.76. The zero-order valence-electron chi connectivity index (χ0n) is 20.9. The molecule has 11 heteroatoms. The number of anilines is 3. The summed E-state index contributed by atoms with van der Waals surface area (Å²) in [5.41, 5.74) is 2.08. The number of methoxy groups -OCH3 is 3. The largest absolute Gasteiger partial charge is 0.493 e. The summed E-state index contributed by atoms with van der Waals surface area (Å²) in [5.74, 6) is 2.85. The third-order valence-electron chi connectivity index (χ3n) is 5.96. The van der Waals surface area contributed by atoms with Crippen LogP contribution in [0.4, 0.5) is 17.5 Å². The lowest BCUT2D eigenvalue weighted by Gasteiger charge is -2.16. The minimum atomic E-state index is 0.179. The first-order valence-corrected chi connectivity index (χ1v) is 11.8.